The molecule has 13 heavy (non-hydrogen) atoms. The molecular weight excluding hydrogens is 194 g/mol. The first-order valence-corrected chi connectivity index (χ1v) is 5.49. The van der Waals surface area contributed by atoms with Gasteiger partial charge in [0.25, 0.3) is 0 Å². The van der Waals surface area contributed by atoms with E-state index in [0.717, 1.165) is 6.08 Å². The summed E-state index contributed by atoms with van der Waals surface area (Å²) in [6.07, 6.45) is 2.32. The number of carbonyl (C=O) groups is 1. The topological polar surface area (TPSA) is 86.5 Å². The third kappa shape index (κ3) is 6.30. The van der Waals surface area contributed by atoms with Crippen LogP contribution in [-0.2, 0) is 19.4 Å². The Labute approximate surface area is 77.5 Å². The normalized spacial score (nSPS) is 11.8. The van der Waals surface area contributed by atoms with Crippen LogP contribution in [0.2, 0.25) is 0 Å². The zero-order valence-corrected chi connectivity index (χ0v) is 8.21. The van der Waals surface area contributed by atoms with Crippen LogP contribution in [0, 0.1) is 0 Å². The van der Waals surface area contributed by atoms with Crippen LogP contribution in [0.25, 0.3) is 0 Å². The Morgan fingerprint density at radius 1 is 1.54 bits per heavy atom. The molecule has 5 nitrogen and oxygen atoms in total. The van der Waals surface area contributed by atoms with Gasteiger partial charge in [-0.25, -0.2) is 13.2 Å². The zero-order valence-electron chi connectivity index (χ0n) is 7.39. The molecule has 0 atom stereocenters. The van der Waals surface area contributed by atoms with Crippen LogP contribution in [0.4, 0.5) is 0 Å². The second kappa shape index (κ2) is 5.71. The summed E-state index contributed by atoms with van der Waals surface area (Å²) in [5.41, 5.74) is 5.08. The smallest absolute Gasteiger partial charge is 0.330 e. The molecule has 0 fully saturated rings. The summed E-state index contributed by atoms with van der Waals surface area (Å²) in [4.78, 5) is 10.5. The molecule has 0 aromatic heterocycles. The molecule has 0 aromatic carbocycles. The van der Waals surface area contributed by atoms with E-state index in [2.05, 4.69) is 4.74 Å². The second-order valence-electron chi connectivity index (χ2n) is 2.33. The lowest BCUT2D eigenvalue weighted by Crippen LogP contribution is -2.17. The molecule has 0 aromatic rings. The van der Waals surface area contributed by atoms with Crippen molar-refractivity contribution in [3.05, 3.63) is 12.2 Å². The van der Waals surface area contributed by atoms with Gasteiger partial charge in [0.1, 0.15) is 0 Å². The molecule has 76 valence electrons. The molecule has 0 spiro atoms. The maximum Gasteiger partial charge on any atom is 0.330 e. The molecule has 0 saturated heterocycles. The molecule has 0 radical (unpaired) electrons. The average Bonchev–Trinajstić information content (AvgIpc) is 2.03. The maximum atomic E-state index is 11.0. The van der Waals surface area contributed by atoms with E-state index in [4.69, 9.17) is 5.73 Å². The van der Waals surface area contributed by atoms with Gasteiger partial charge in [0.05, 0.1) is 18.6 Å². The number of nitrogens with two attached hydrogens (primary N) is 1. The molecule has 0 bridgehead atoms. The van der Waals surface area contributed by atoms with Gasteiger partial charge in [-0.05, 0) is 0 Å². The number of methoxy groups -OCH3 is 1. The summed E-state index contributed by atoms with van der Waals surface area (Å²) in [5.74, 6) is -0.819. The number of esters is 1. The van der Waals surface area contributed by atoms with Crippen molar-refractivity contribution in [2.75, 3.05) is 25.2 Å². The highest BCUT2D eigenvalue weighted by Crippen LogP contribution is 1.90. The van der Waals surface area contributed by atoms with Crippen molar-refractivity contribution in [3.63, 3.8) is 0 Å². The quantitative estimate of drug-likeness (QED) is 0.466. The van der Waals surface area contributed by atoms with Gasteiger partial charge in [0, 0.05) is 12.6 Å². The largest absolute Gasteiger partial charge is 0.466 e. The average molecular weight is 207 g/mol. The molecule has 0 aliphatic carbocycles. The van der Waals surface area contributed by atoms with Crippen LogP contribution in [-0.4, -0.2) is 39.5 Å². The second-order valence-corrected chi connectivity index (χ2v) is 4.56. The van der Waals surface area contributed by atoms with Crippen molar-refractivity contribution in [2.24, 2.45) is 5.73 Å². The number of carbonyl (C=O) groups excluding carboxylic acids is 1. The molecule has 0 aliphatic heterocycles. The Hall–Kier alpha value is -0.880. The predicted molar refractivity (Wildman–Crippen MR) is 48.9 cm³/mol. The molecule has 0 amide bonds. The summed E-state index contributed by atoms with van der Waals surface area (Å²) in [5, 5.41) is 0. The summed E-state index contributed by atoms with van der Waals surface area (Å²) >= 11 is 0. The van der Waals surface area contributed by atoms with Crippen molar-refractivity contribution in [1.82, 2.24) is 0 Å². The molecule has 2 N–H and O–H groups in total. The molecule has 0 saturated carbocycles. The highest BCUT2D eigenvalue weighted by Gasteiger charge is 2.06. The first-order chi connectivity index (χ1) is 6.02. The summed E-state index contributed by atoms with van der Waals surface area (Å²) in [6, 6.07) is 0. The highest BCUT2D eigenvalue weighted by atomic mass is 32.2. The van der Waals surface area contributed by atoms with Gasteiger partial charge < -0.3 is 10.5 Å². The Bertz CT molecular complexity index is 281. The predicted octanol–water partition coefficient (Wildman–Crippen LogP) is -0.911. The number of ether oxygens (including phenoxy) is 1. The Morgan fingerprint density at radius 3 is 2.62 bits per heavy atom. The van der Waals surface area contributed by atoms with Crippen LogP contribution < -0.4 is 5.73 Å². The molecule has 0 rings (SSSR count). The molecular formula is C7H13NO4S. The monoisotopic (exact) mass is 207 g/mol. The van der Waals surface area contributed by atoms with Crippen LogP contribution in [0.1, 0.15) is 0 Å². The van der Waals surface area contributed by atoms with Gasteiger partial charge in [-0.1, -0.05) is 6.08 Å². The number of rotatable bonds is 5. The molecule has 0 unspecified atom stereocenters. The fourth-order valence-corrected chi connectivity index (χ4v) is 1.54. The summed E-state index contributed by atoms with van der Waals surface area (Å²) in [7, 11) is -1.93. The minimum Gasteiger partial charge on any atom is -0.466 e. The van der Waals surface area contributed by atoms with Gasteiger partial charge in [-0.3, -0.25) is 0 Å². The Morgan fingerprint density at radius 2 is 2.15 bits per heavy atom. The van der Waals surface area contributed by atoms with Gasteiger partial charge in [0.15, 0.2) is 9.84 Å². The van der Waals surface area contributed by atoms with E-state index in [1.807, 2.05) is 0 Å². The van der Waals surface area contributed by atoms with E-state index in [9.17, 15) is 13.2 Å². The van der Waals surface area contributed by atoms with Crippen molar-refractivity contribution < 1.29 is 17.9 Å². The lowest BCUT2D eigenvalue weighted by molar-refractivity contribution is -0.134. The third-order valence-corrected chi connectivity index (χ3v) is 2.79. The van der Waals surface area contributed by atoms with Crippen LogP contribution in [0.5, 0.6) is 0 Å². The van der Waals surface area contributed by atoms with Crippen molar-refractivity contribution in [2.45, 2.75) is 0 Å². The van der Waals surface area contributed by atoms with E-state index in [0.29, 0.717) is 0 Å². The van der Waals surface area contributed by atoms with Gasteiger partial charge >= 0.3 is 5.97 Å². The van der Waals surface area contributed by atoms with Crippen molar-refractivity contribution in [3.8, 4) is 0 Å². The van der Waals surface area contributed by atoms with E-state index >= 15 is 0 Å². The molecule has 0 heterocycles. The summed E-state index contributed by atoms with van der Waals surface area (Å²) < 4.78 is 26.3. The number of sulfone groups is 1. The fraction of sp³-hybridized carbons (Fsp3) is 0.571. The highest BCUT2D eigenvalue weighted by molar-refractivity contribution is 7.91. The first-order valence-electron chi connectivity index (χ1n) is 3.67. The Kier molecular flexibility index (Phi) is 5.33. The van der Waals surface area contributed by atoms with Crippen LogP contribution in [0.15, 0.2) is 12.2 Å². The lowest BCUT2D eigenvalue weighted by atomic mass is 10.5. The zero-order chi connectivity index (χ0) is 10.3. The summed E-state index contributed by atoms with van der Waals surface area (Å²) in [6.45, 7) is 0.0917. The van der Waals surface area contributed by atoms with Gasteiger partial charge in [0.2, 0.25) is 0 Å². The molecule has 0 aliphatic rings. The van der Waals surface area contributed by atoms with Gasteiger partial charge in [-0.2, -0.15) is 0 Å². The van der Waals surface area contributed by atoms with Crippen molar-refractivity contribution in [1.29, 1.82) is 0 Å². The number of hydrogen-bond donors (Lipinski definition) is 1. The third-order valence-electron chi connectivity index (χ3n) is 1.23. The van der Waals surface area contributed by atoms with E-state index < -0.39 is 15.8 Å². The van der Waals surface area contributed by atoms with Crippen molar-refractivity contribution >= 4 is 15.8 Å². The minimum absolute atomic E-state index is 0.0709. The lowest BCUT2D eigenvalue weighted by Gasteiger charge is -1.96. The van der Waals surface area contributed by atoms with E-state index in [-0.39, 0.29) is 18.1 Å². The van der Waals surface area contributed by atoms with E-state index in [1.54, 1.807) is 0 Å². The van der Waals surface area contributed by atoms with Gasteiger partial charge in [-0.15, -0.1) is 0 Å². The fourth-order valence-electron chi connectivity index (χ4n) is 0.622. The van der Waals surface area contributed by atoms with Crippen LogP contribution >= 0.6 is 0 Å². The minimum atomic E-state index is -3.16. The Balaban J connectivity index is 4.02. The maximum absolute atomic E-state index is 11.0. The van der Waals surface area contributed by atoms with E-state index in [1.165, 1.54) is 13.2 Å². The number of hydrogen-bond acceptors (Lipinski definition) is 5. The van der Waals surface area contributed by atoms with Crippen LogP contribution in [0.3, 0.4) is 0 Å². The first kappa shape index (κ1) is 12.1. The molecule has 6 heteroatoms. The SMILES string of the molecule is COC(=O)/C=C/CS(=O)(=O)CCN. The standard InChI is InChI=1S/C7H13NO4S/c1-12-7(9)3-2-5-13(10,11)6-4-8/h2-3H,4-6,8H2,1H3/b3-2+.